The van der Waals surface area contributed by atoms with Crippen molar-refractivity contribution in [2.75, 3.05) is 13.2 Å². The highest BCUT2D eigenvalue weighted by Crippen LogP contribution is 2.27. The fraction of sp³-hybridized carbons (Fsp3) is 0.571. The Balaban J connectivity index is 2.38. The Morgan fingerprint density at radius 1 is 1.35 bits per heavy atom. The van der Waals surface area contributed by atoms with Gasteiger partial charge in [-0.3, -0.25) is 0 Å². The first-order chi connectivity index (χ1) is 9.46. The van der Waals surface area contributed by atoms with Crippen molar-refractivity contribution < 1.29 is 13.5 Å². The van der Waals surface area contributed by atoms with Crippen LogP contribution in [-0.2, 0) is 10.0 Å². The lowest BCUT2D eigenvalue weighted by Crippen LogP contribution is -2.42. The predicted octanol–water partition coefficient (Wildman–Crippen LogP) is 2.68. The van der Waals surface area contributed by atoms with Crippen LogP contribution in [0, 0.1) is 6.92 Å². The summed E-state index contributed by atoms with van der Waals surface area (Å²) in [7, 11) is -3.53. The van der Waals surface area contributed by atoms with E-state index in [2.05, 4.69) is 15.9 Å². The molecule has 0 saturated carbocycles. The molecular weight excluding hydrogens is 342 g/mol. The molecule has 0 radical (unpaired) electrons. The lowest BCUT2D eigenvalue weighted by Gasteiger charge is -2.27. The van der Waals surface area contributed by atoms with E-state index in [9.17, 15) is 13.5 Å². The summed E-state index contributed by atoms with van der Waals surface area (Å²) >= 11 is 3.38. The molecule has 1 N–H and O–H groups in total. The van der Waals surface area contributed by atoms with Crippen LogP contribution in [0.5, 0.6) is 0 Å². The molecule has 1 aliphatic heterocycles. The first-order valence-corrected chi connectivity index (χ1v) is 9.09. The zero-order chi connectivity index (χ0) is 14.8. The van der Waals surface area contributed by atoms with Crippen molar-refractivity contribution in [2.24, 2.45) is 0 Å². The van der Waals surface area contributed by atoms with Crippen molar-refractivity contribution in [3.8, 4) is 0 Å². The number of halogens is 1. The number of aliphatic hydroxyl groups excluding tert-OH is 1. The average Bonchev–Trinajstić information content (AvgIpc) is 2.67. The van der Waals surface area contributed by atoms with Crippen molar-refractivity contribution in [2.45, 2.75) is 43.5 Å². The molecule has 1 aromatic rings. The Hall–Kier alpha value is -0.430. The standard InChI is InChI=1S/C14H20BrNO3S/c1-11-9-13(6-7-14(11)15)20(18,19)16-8-4-2-3-5-12(16)10-17/h6-7,9,12,17H,2-5,8,10H2,1H3. The van der Waals surface area contributed by atoms with E-state index in [0.29, 0.717) is 11.4 Å². The molecule has 112 valence electrons. The average molecular weight is 362 g/mol. The van der Waals surface area contributed by atoms with E-state index >= 15 is 0 Å². The SMILES string of the molecule is Cc1cc(S(=O)(=O)N2CCCCCC2CO)ccc1Br. The van der Waals surface area contributed by atoms with Gasteiger partial charge in [0.1, 0.15) is 0 Å². The van der Waals surface area contributed by atoms with E-state index in [4.69, 9.17) is 0 Å². The van der Waals surface area contributed by atoms with E-state index in [-0.39, 0.29) is 12.6 Å². The van der Waals surface area contributed by atoms with E-state index in [0.717, 1.165) is 35.7 Å². The molecule has 0 bridgehead atoms. The van der Waals surface area contributed by atoms with Gasteiger partial charge in [-0.1, -0.05) is 28.8 Å². The van der Waals surface area contributed by atoms with Gasteiger partial charge in [0.2, 0.25) is 10.0 Å². The summed E-state index contributed by atoms with van der Waals surface area (Å²) in [6, 6.07) is 4.75. The second-order valence-corrected chi connectivity index (χ2v) is 7.96. The number of sulfonamides is 1. The van der Waals surface area contributed by atoms with Gasteiger partial charge in [0.05, 0.1) is 11.5 Å². The van der Waals surface area contributed by atoms with Crippen LogP contribution in [0.1, 0.15) is 31.2 Å². The van der Waals surface area contributed by atoms with Crippen LogP contribution in [0.3, 0.4) is 0 Å². The van der Waals surface area contributed by atoms with Crippen molar-refractivity contribution >= 4 is 26.0 Å². The molecule has 0 amide bonds. The lowest BCUT2D eigenvalue weighted by molar-refractivity contribution is 0.186. The number of aliphatic hydroxyl groups is 1. The molecule has 1 heterocycles. The van der Waals surface area contributed by atoms with Gasteiger partial charge in [-0.2, -0.15) is 4.31 Å². The smallest absolute Gasteiger partial charge is 0.243 e. The molecule has 1 aromatic carbocycles. The van der Waals surface area contributed by atoms with Gasteiger partial charge in [-0.15, -0.1) is 0 Å². The zero-order valence-corrected chi connectivity index (χ0v) is 14.0. The van der Waals surface area contributed by atoms with Crippen molar-refractivity contribution in [1.29, 1.82) is 0 Å². The molecule has 2 rings (SSSR count). The largest absolute Gasteiger partial charge is 0.395 e. The minimum Gasteiger partial charge on any atom is -0.395 e. The molecule has 6 heteroatoms. The van der Waals surface area contributed by atoms with Crippen LogP contribution in [0.25, 0.3) is 0 Å². The molecule has 4 nitrogen and oxygen atoms in total. The zero-order valence-electron chi connectivity index (χ0n) is 11.5. The number of benzene rings is 1. The highest BCUT2D eigenvalue weighted by molar-refractivity contribution is 9.10. The van der Waals surface area contributed by atoms with Gasteiger partial charge in [0.15, 0.2) is 0 Å². The molecular formula is C14H20BrNO3S. The van der Waals surface area contributed by atoms with Gasteiger partial charge in [-0.05, 0) is 43.5 Å². The molecule has 0 aromatic heterocycles. The number of hydrogen-bond donors (Lipinski definition) is 1. The van der Waals surface area contributed by atoms with Crippen LogP contribution in [-0.4, -0.2) is 37.0 Å². The summed E-state index contributed by atoms with van der Waals surface area (Å²) in [5.74, 6) is 0. The molecule has 1 saturated heterocycles. The highest BCUT2D eigenvalue weighted by Gasteiger charge is 2.32. The number of hydrogen-bond acceptors (Lipinski definition) is 3. The molecule has 0 aliphatic carbocycles. The second kappa shape index (κ2) is 6.56. The monoisotopic (exact) mass is 361 g/mol. The van der Waals surface area contributed by atoms with Crippen molar-refractivity contribution in [3.63, 3.8) is 0 Å². The predicted molar refractivity (Wildman–Crippen MR) is 82.1 cm³/mol. The summed E-state index contributed by atoms with van der Waals surface area (Å²) in [6.07, 6.45) is 3.56. The topological polar surface area (TPSA) is 57.6 Å². The minimum absolute atomic E-state index is 0.116. The quantitative estimate of drug-likeness (QED) is 0.900. The van der Waals surface area contributed by atoms with Crippen LogP contribution >= 0.6 is 15.9 Å². The fourth-order valence-electron chi connectivity index (χ4n) is 2.56. The van der Waals surface area contributed by atoms with E-state index in [1.54, 1.807) is 18.2 Å². The maximum absolute atomic E-state index is 12.8. The van der Waals surface area contributed by atoms with Crippen LogP contribution < -0.4 is 0 Å². The van der Waals surface area contributed by atoms with Gasteiger partial charge >= 0.3 is 0 Å². The molecule has 1 fully saturated rings. The van der Waals surface area contributed by atoms with Gasteiger partial charge in [-0.25, -0.2) is 8.42 Å². The normalized spacial score (nSPS) is 21.6. The highest BCUT2D eigenvalue weighted by atomic mass is 79.9. The van der Waals surface area contributed by atoms with Crippen LogP contribution in [0.2, 0.25) is 0 Å². The Morgan fingerprint density at radius 2 is 2.10 bits per heavy atom. The number of nitrogens with zero attached hydrogens (tertiary/aromatic N) is 1. The van der Waals surface area contributed by atoms with Crippen molar-refractivity contribution in [1.82, 2.24) is 4.31 Å². The molecule has 1 atom stereocenters. The van der Waals surface area contributed by atoms with Gasteiger partial charge < -0.3 is 5.11 Å². The third kappa shape index (κ3) is 3.24. The Morgan fingerprint density at radius 3 is 2.75 bits per heavy atom. The molecule has 1 unspecified atom stereocenters. The van der Waals surface area contributed by atoms with Crippen LogP contribution in [0.4, 0.5) is 0 Å². The summed E-state index contributed by atoms with van der Waals surface area (Å²) in [6.45, 7) is 2.24. The number of rotatable bonds is 3. The summed E-state index contributed by atoms with van der Waals surface area (Å²) in [5.41, 5.74) is 0.890. The molecule has 20 heavy (non-hydrogen) atoms. The Bertz CT molecular complexity index is 574. The maximum atomic E-state index is 12.8. The third-order valence-electron chi connectivity index (χ3n) is 3.77. The Labute approximate surface area is 129 Å². The molecule has 0 spiro atoms. The maximum Gasteiger partial charge on any atom is 0.243 e. The molecule has 1 aliphatic rings. The lowest BCUT2D eigenvalue weighted by atomic mass is 10.1. The Kier molecular flexibility index (Phi) is 5.23. The van der Waals surface area contributed by atoms with E-state index in [1.807, 2.05) is 6.92 Å². The fourth-order valence-corrected chi connectivity index (χ4v) is 4.58. The van der Waals surface area contributed by atoms with E-state index in [1.165, 1.54) is 4.31 Å². The number of aryl methyl sites for hydroxylation is 1. The second-order valence-electron chi connectivity index (χ2n) is 5.21. The minimum atomic E-state index is -3.53. The van der Waals surface area contributed by atoms with Crippen LogP contribution in [0.15, 0.2) is 27.6 Å². The van der Waals surface area contributed by atoms with E-state index < -0.39 is 10.0 Å². The summed E-state index contributed by atoms with van der Waals surface area (Å²) in [5, 5.41) is 9.48. The first-order valence-electron chi connectivity index (χ1n) is 6.85. The summed E-state index contributed by atoms with van der Waals surface area (Å²) in [4.78, 5) is 0.304. The van der Waals surface area contributed by atoms with Crippen molar-refractivity contribution in [3.05, 3.63) is 28.2 Å². The summed E-state index contributed by atoms with van der Waals surface area (Å²) < 4.78 is 27.9. The third-order valence-corrected chi connectivity index (χ3v) is 6.61. The van der Waals surface area contributed by atoms with Gasteiger partial charge in [0, 0.05) is 17.1 Å². The first kappa shape index (κ1) is 15.9. The van der Waals surface area contributed by atoms with Gasteiger partial charge in [0.25, 0.3) is 0 Å².